The molecule has 0 atom stereocenters. The van der Waals surface area contributed by atoms with Gasteiger partial charge in [-0.2, -0.15) is 0 Å². The van der Waals surface area contributed by atoms with Crippen LogP contribution in [-0.4, -0.2) is 31.1 Å². The molecule has 1 heterocycles. The van der Waals surface area contributed by atoms with Crippen molar-refractivity contribution in [2.45, 2.75) is 19.3 Å². The molecule has 0 unspecified atom stereocenters. The zero-order valence-corrected chi connectivity index (χ0v) is 15.4. The summed E-state index contributed by atoms with van der Waals surface area (Å²) in [5.41, 5.74) is 1.98. The summed E-state index contributed by atoms with van der Waals surface area (Å²) in [4.78, 5) is 2.51. The van der Waals surface area contributed by atoms with E-state index in [2.05, 4.69) is 32.7 Å². The fourth-order valence-corrected chi connectivity index (χ4v) is 3.34. The van der Waals surface area contributed by atoms with E-state index >= 15 is 0 Å². The van der Waals surface area contributed by atoms with Gasteiger partial charge in [0.1, 0.15) is 5.75 Å². The molecule has 3 rings (SSSR count). The second-order valence-corrected chi connectivity index (χ2v) is 6.96. The number of ether oxygens (including phenoxy) is 1. The Bertz CT molecular complexity index is 712. The molecule has 2 aromatic carbocycles. The van der Waals surface area contributed by atoms with Crippen LogP contribution in [-0.2, 0) is 0 Å². The summed E-state index contributed by atoms with van der Waals surface area (Å²) >= 11 is 3.55. The van der Waals surface area contributed by atoms with Crippen LogP contribution in [0.1, 0.15) is 30.4 Å². The second kappa shape index (κ2) is 8.92. The number of hydrogen-bond donors (Lipinski definition) is 0. The molecule has 1 saturated heterocycles. The van der Waals surface area contributed by atoms with E-state index in [1.54, 1.807) is 0 Å². The van der Waals surface area contributed by atoms with Crippen molar-refractivity contribution in [3.63, 3.8) is 0 Å². The van der Waals surface area contributed by atoms with E-state index in [0.29, 0.717) is 0 Å². The summed E-state index contributed by atoms with van der Waals surface area (Å²) in [7, 11) is 0. The normalized spacial score (nSPS) is 14.2. The Hall–Kier alpha value is -1.76. The van der Waals surface area contributed by atoms with Crippen LogP contribution >= 0.6 is 15.9 Å². The molecule has 24 heavy (non-hydrogen) atoms. The number of likely N-dealkylation sites (tertiary alicyclic amines) is 1. The third-order valence-electron chi connectivity index (χ3n) is 4.08. The van der Waals surface area contributed by atoms with Gasteiger partial charge in [-0.25, -0.2) is 0 Å². The first kappa shape index (κ1) is 17.1. The van der Waals surface area contributed by atoms with Crippen molar-refractivity contribution in [3.05, 3.63) is 64.1 Å². The Kier molecular flexibility index (Phi) is 6.34. The van der Waals surface area contributed by atoms with Gasteiger partial charge in [-0.3, -0.25) is 0 Å². The topological polar surface area (TPSA) is 12.5 Å². The van der Waals surface area contributed by atoms with Gasteiger partial charge < -0.3 is 9.64 Å². The minimum Gasteiger partial charge on any atom is -0.493 e. The van der Waals surface area contributed by atoms with Gasteiger partial charge in [0.25, 0.3) is 0 Å². The van der Waals surface area contributed by atoms with Crippen molar-refractivity contribution in [1.29, 1.82) is 0 Å². The first-order valence-corrected chi connectivity index (χ1v) is 9.32. The maximum Gasteiger partial charge on any atom is 0.121 e. The lowest BCUT2D eigenvalue weighted by molar-refractivity contribution is 0.263. The van der Waals surface area contributed by atoms with Crippen LogP contribution in [0.4, 0.5) is 0 Å². The van der Waals surface area contributed by atoms with E-state index in [0.717, 1.165) is 40.9 Å². The Morgan fingerprint density at radius 2 is 1.71 bits per heavy atom. The quantitative estimate of drug-likeness (QED) is 0.547. The van der Waals surface area contributed by atoms with Gasteiger partial charge in [0.2, 0.25) is 0 Å². The second-order valence-electron chi connectivity index (χ2n) is 6.04. The fraction of sp³-hybridized carbons (Fsp3) is 0.333. The van der Waals surface area contributed by atoms with Gasteiger partial charge in [0, 0.05) is 22.1 Å². The van der Waals surface area contributed by atoms with E-state index in [-0.39, 0.29) is 0 Å². The molecule has 0 N–H and O–H groups in total. The molecule has 0 saturated carbocycles. The molecule has 1 aliphatic rings. The van der Waals surface area contributed by atoms with Crippen molar-refractivity contribution in [2.75, 3.05) is 26.2 Å². The number of benzene rings is 2. The van der Waals surface area contributed by atoms with E-state index in [1.807, 2.05) is 48.5 Å². The van der Waals surface area contributed by atoms with E-state index in [9.17, 15) is 0 Å². The molecule has 0 aromatic heterocycles. The summed E-state index contributed by atoms with van der Waals surface area (Å²) in [5.74, 6) is 7.27. The number of nitrogens with zero attached hydrogens (tertiary/aromatic N) is 1. The number of rotatable bonds is 5. The van der Waals surface area contributed by atoms with Gasteiger partial charge in [0.05, 0.1) is 6.61 Å². The Labute approximate surface area is 153 Å². The van der Waals surface area contributed by atoms with Gasteiger partial charge in [-0.05, 0) is 62.7 Å². The molecule has 0 aliphatic carbocycles. The third kappa shape index (κ3) is 5.40. The van der Waals surface area contributed by atoms with Crippen LogP contribution in [0.2, 0.25) is 0 Å². The van der Waals surface area contributed by atoms with Crippen molar-refractivity contribution >= 4 is 15.9 Å². The Balaban J connectivity index is 1.56. The molecular weight excluding hydrogens is 362 g/mol. The monoisotopic (exact) mass is 383 g/mol. The SMILES string of the molecule is Brc1cc(C#Cc2ccccc2)cc(OCCCN2CCCC2)c1. The van der Waals surface area contributed by atoms with Crippen LogP contribution < -0.4 is 4.74 Å². The molecule has 0 amide bonds. The molecule has 2 nitrogen and oxygen atoms in total. The van der Waals surface area contributed by atoms with Gasteiger partial charge in [0.15, 0.2) is 0 Å². The summed E-state index contributed by atoms with van der Waals surface area (Å²) in [6, 6.07) is 16.1. The largest absolute Gasteiger partial charge is 0.493 e. The highest BCUT2D eigenvalue weighted by molar-refractivity contribution is 9.10. The molecular formula is C21H22BrNO. The van der Waals surface area contributed by atoms with Crippen molar-refractivity contribution in [3.8, 4) is 17.6 Å². The number of halogens is 1. The van der Waals surface area contributed by atoms with Crippen molar-refractivity contribution in [1.82, 2.24) is 4.90 Å². The van der Waals surface area contributed by atoms with Crippen molar-refractivity contribution < 1.29 is 4.74 Å². The summed E-state index contributed by atoms with van der Waals surface area (Å²) in [6.07, 6.45) is 3.75. The average molecular weight is 384 g/mol. The first-order chi connectivity index (χ1) is 11.8. The highest BCUT2D eigenvalue weighted by Crippen LogP contribution is 2.21. The standard InChI is InChI=1S/C21H22BrNO/c22-20-15-19(10-9-18-7-2-1-3-8-18)16-21(17-20)24-14-6-13-23-11-4-5-12-23/h1-3,7-8,15-17H,4-6,11-14H2. The fourth-order valence-electron chi connectivity index (χ4n) is 2.87. The van der Waals surface area contributed by atoms with Crippen LogP contribution in [0.25, 0.3) is 0 Å². The zero-order valence-electron chi connectivity index (χ0n) is 13.8. The maximum atomic E-state index is 5.91. The molecule has 124 valence electrons. The zero-order chi connectivity index (χ0) is 16.6. The molecule has 1 aliphatic heterocycles. The highest BCUT2D eigenvalue weighted by atomic mass is 79.9. The van der Waals surface area contributed by atoms with Crippen molar-refractivity contribution in [2.24, 2.45) is 0 Å². The predicted molar refractivity (Wildman–Crippen MR) is 102 cm³/mol. The third-order valence-corrected chi connectivity index (χ3v) is 4.54. The molecule has 0 spiro atoms. The van der Waals surface area contributed by atoms with Crippen LogP contribution in [0, 0.1) is 11.8 Å². The minimum absolute atomic E-state index is 0.749. The van der Waals surface area contributed by atoms with Crippen LogP contribution in [0.3, 0.4) is 0 Å². The predicted octanol–water partition coefficient (Wildman–Crippen LogP) is 4.71. The molecule has 0 bridgehead atoms. The minimum atomic E-state index is 0.749. The van der Waals surface area contributed by atoms with Crippen LogP contribution in [0.15, 0.2) is 53.0 Å². The lowest BCUT2D eigenvalue weighted by Gasteiger charge is -2.14. The van der Waals surface area contributed by atoms with E-state index < -0.39 is 0 Å². The Morgan fingerprint density at radius 1 is 0.958 bits per heavy atom. The van der Waals surface area contributed by atoms with Gasteiger partial charge >= 0.3 is 0 Å². The first-order valence-electron chi connectivity index (χ1n) is 8.52. The highest BCUT2D eigenvalue weighted by Gasteiger charge is 2.10. The average Bonchev–Trinajstić information content (AvgIpc) is 3.11. The van der Waals surface area contributed by atoms with Gasteiger partial charge in [-0.15, -0.1) is 0 Å². The molecule has 3 heteroatoms. The Morgan fingerprint density at radius 3 is 2.50 bits per heavy atom. The van der Waals surface area contributed by atoms with E-state index in [4.69, 9.17) is 4.74 Å². The smallest absolute Gasteiger partial charge is 0.121 e. The summed E-state index contributed by atoms with van der Waals surface area (Å²) in [6.45, 7) is 4.37. The molecule has 2 aromatic rings. The lowest BCUT2D eigenvalue weighted by Crippen LogP contribution is -2.21. The maximum absolute atomic E-state index is 5.91. The summed E-state index contributed by atoms with van der Waals surface area (Å²) in [5, 5.41) is 0. The van der Waals surface area contributed by atoms with Gasteiger partial charge in [-0.1, -0.05) is 46.0 Å². The molecule has 1 fully saturated rings. The van der Waals surface area contributed by atoms with Crippen LogP contribution in [0.5, 0.6) is 5.75 Å². The van der Waals surface area contributed by atoms with E-state index in [1.165, 1.54) is 25.9 Å². The lowest BCUT2D eigenvalue weighted by atomic mass is 10.2. The number of hydrogen-bond acceptors (Lipinski definition) is 2. The summed E-state index contributed by atoms with van der Waals surface area (Å²) < 4.78 is 6.91. The molecule has 0 radical (unpaired) electrons.